The summed E-state index contributed by atoms with van der Waals surface area (Å²) >= 11 is 0. The summed E-state index contributed by atoms with van der Waals surface area (Å²) in [5, 5.41) is 11.6. The van der Waals surface area contributed by atoms with Gasteiger partial charge in [0.1, 0.15) is 6.04 Å². The number of benzene rings is 1. The van der Waals surface area contributed by atoms with Crippen LogP contribution in [0, 0.1) is 0 Å². The molecular formula is C17H25NO5. The third kappa shape index (κ3) is 6.59. The molecule has 0 bridgehead atoms. The van der Waals surface area contributed by atoms with Crippen molar-refractivity contribution in [2.75, 3.05) is 13.7 Å². The maximum absolute atomic E-state index is 11.2. The predicted molar refractivity (Wildman–Crippen MR) is 87.0 cm³/mol. The van der Waals surface area contributed by atoms with Gasteiger partial charge in [0.05, 0.1) is 13.7 Å². The van der Waals surface area contributed by atoms with Crippen molar-refractivity contribution in [2.24, 2.45) is 0 Å². The number of carboxylic acids is 1. The second kappa shape index (κ2) is 9.71. The van der Waals surface area contributed by atoms with Crippen molar-refractivity contribution in [3.63, 3.8) is 0 Å². The van der Waals surface area contributed by atoms with Gasteiger partial charge < -0.3 is 19.9 Å². The first-order valence-corrected chi connectivity index (χ1v) is 7.77. The quantitative estimate of drug-likeness (QED) is 0.646. The first kappa shape index (κ1) is 18.8. The molecule has 0 radical (unpaired) electrons. The van der Waals surface area contributed by atoms with Crippen LogP contribution in [0.3, 0.4) is 0 Å². The van der Waals surface area contributed by atoms with Gasteiger partial charge in [-0.05, 0) is 24.1 Å². The Bertz CT molecular complexity index is 530. The zero-order chi connectivity index (χ0) is 17.2. The lowest BCUT2D eigenvalue weighted by Crippen LogP contribution is -2.41. The monoisotopic (exact) mass is 323 g/mol. The SMILES string of the molecule is CCCCCOc1ccc(CC(NC(C)=O)C(=O)O)cc1OC. The molecule has 0 aliphatic carbocycles. The van der Waals surface area contributed by atoms with E-state index >= 15 is 0 Å². The van der Waals surface area contributed by atoms with E-state index in [1.165, 1.54) is 6.92 Å². The van der Waals surface area contributed by atoms with E-state index in [1.807, 2.05) is 0 Å². The molecule has 23 heavy (non-hydrogen) atoms. The molecule has 0 saturated carbocycles. The molecular weight excluding hydrogens is 298 g/mol. The number of carboxylic acid groups (broad SMARTS) is 1. The maximum atomic E-state index is 11.2. The van der Waals surface area contributed by atoms with Crippen molar-refractivity contribution in [2.45, 2.75) is 45.6 Å². The van der Waals surface area contributed by atoms with E-state index in [-0.39, 0.29) is 12.3 Å². The molecule has 1 unspecified atom stereocenters. The highest BCUT2D eigenvalue weighted by atomic mass is 16.5. The average molecular weight is 323 g/mol. The molecule has 0 heterocycles. The highest BCUT2D eigenvalue weighted by Gasteiger charge is 2.19. The number of nitrogens with one attached hydrogen (secondary N) is 1. The van der Waals surface area contributed by atoms with Crippen LogP contribution in [0.15, 0.2) is 18.2 Å². The molecule has 0 aliphatic rings. The topological polar surface area (TPSA) is 84.9 Å². The summed E-state index contributed by atoms with van der Waals surface area (Å²) in [6.07, 6.45) is 3.39. The fourth-order valence-electron chi connectivity index (χ4n) is 2.17. The second-order valence-corrected chi connectivity index (χ2v) is 5.34. The fourth-order valence-corrected chi connectivity index (χ4v) is 2.17. The summed E-state index contributed by atoms with van der Waals surface area (Å²) in [4.78, 5) is 22.3. The van der Waals surface area contributed by atoms with Gasteiger partial charge in [-0.2, -0.15) is 0 Å². The molecule has 1 atom stereocenters. The number of rotatable bonds is 10. The Labute approximate surface area is 136 Å². The van der Waals surface area contributed by atoms with Gasteiger partial charge in [0.25, 0.3) is 0 Å². The number of carbonyl (C=O) groups excluding carboxylic acids is 1. The minimum absolute atomic E-state index is 0.182. The summed E-state index contributed by atoms with van der Waals surface area (Å²) < 4.78 is 11.0. The van der Waals surface area contributed by atoms with Crippen molar-refractivity contribution in [1.82, 2.24) is 5.32 Å². The number of unbranched alkanes of at least 4 members (excludes halogenated alkanes) is 2. The zero-order valence-electron chi connectivity index (χ0n) is 13.9. The van der Waals surface area contributed by atoms with Crippen molar-refractivity contribution < 1.29 is 24.2 Å². The fraction of sp³-hybridized carbons (Fsp3) is 0.529. The molecule has 1 amide bonds. The average Bonchev–Trinajstić information content (AvgIpc) is 2.51. The summed E-state index contributed by atoms with van der Waals surface area (Å²) in [7, 11) is 1.54. The van der Waals surface area contributed by atoms with Gasteiger partial charge in [0, 0.05) is 13.3 Å². The molecule has 128 valence electrons. The van der Waals surface area contributed by atoms with Gasteiger partial charge >= 0.3 is 5.97 Å². The Morgan fingerprint density at radius 3 is 2.57 bits per heavy atom. The first-order valence-electron chi connectivity index (χ1n) is 7.77. The van der Waals surface area contributed by atoms with Gasteiger partial charge in [-0.1, -0.05) is 25.8 Å². The van der Waals surface area contributed by atoms with Gasteiger partial charge in [-0.15, -0.1) is 0 Å². The number of carbonyl (C=O) groups is 2. The number of ether oxygens (including phenoxy) is 2. The van der Waals surface area contributed by atoms with Crippen LogP contribution in [0.2, 0.25) is 0 Å². The molecule has 1 aromatic carbocycles. The normalized spacial score (nSPS) is 11.6. The number of hydrogen-bond donors (Lipinski definition) is 2. The molecule has 1 rings (SSSR count). The Morgan fingerprint density at radius 2 is 2.00 bits per heavy atom. The summed E-state index contributed by atoms with van der Waals surface area (Å²) in [5.74, 6) is -0.246. The first-order chi connectivity index (χ1) is 11.0. The summed E-state index contributed by atoms with van der Waals surface area (Å²) in [6.45, 7) is 4.04. The van der Waals surface area contributed by atoms with Crippen LogP contribution in [-0.4, -0.2) is 36.7 Å². The van der Waals surface area contributed by atoms with Crippen molar-refractivity contribution in [1.29, 1.82) is 0 Å². The van der Waals surface area contributed by atoms with E-state index < -0.39 is 12.0 Å². The largest absolute Gasteiger partial charge is 0.493 e. The van der Waals surface area contributed by atoms with E-state index in [9.17, 15) is 9.59 Å². The van der Waals surface area contributed by atoms with Gasteiger partial charge in [0.15, 0.2) is 11.5 Å². The van der Waals surface area contributed by atoms with Crippen LogP contribution in [-0.2, 0) is 16.0 Å². The molecule has 0 fully saturated rings. The number of methoxy groups -OCH3 is 1. The van der Waals surface area contributed by atoms with Crippen molar-refractivity contribution in [3.05, 3.63) is 23.8 Å². The Kier molecular flexibility index (Phi) is 7.94. The lowest BCUT2D eigenvalue weighted by atomic mass is 10.1. The van der Waals surface area contributed by atoms with Gasteiger partial charge in [-0.25, -0.2) is 4.79 Å². The van der Waals surface area contributed by atoms with E-state index in [2.05, 4.69) is 12.2 Å². The maximum Gasteiger partial charge on any atom is 0.326 e. The minimum Gasteiger partial charge on any atom is -0.493 e. The number of aliphatic carboxylic acids is 1. The van der Waals surface area contributed by atoms with Crippen LogP contribution in [0.1, 0.15) is 38.7 Å². The minimum atomic E-state index is -1.07. The van der Waals surface area contributed by atoms with E-state index in [0.29, 0.717) is 18.1 Å². The van der Waals surface area contributed by atoms with Crippen LogP contribution in [0.25, 0.3) is 0 Å². The summed E-state index contributed by atoms with van der Waals surface area (Å²) in [5.41, 5.74) is 0.754. The Morgan fingerprint density at radius 1 is 1.26 bits per heavy atom. The van der Waals surface area contributed by atoms with Crippen LogP contribution in [0.5, 0.6) is 11.5 Å². The zero-order valence-corrected chi connectivity index (χ0v) is 13.9. The number of hydrogen-bond acceptors (Lipinski definition) is 4. The van der Waals surface area contributed by atoms with Crippen LogP contribution < -0.4 is 14.8 Å². The Hall–Kier alpha value is -2.24. The van der Waals surface area contributed by atoms with E-state index in [4.69, 9.17) is 14.6 Å². The molecule has 1 aromatic rings. The van der Waals surface area contributed by atoms with E-state index in [0.717, 1.165) is 24.8 Å². The third-order valence-corrected chi connectivity index (χ3v) is 3.35. The molecule has 6 heteroatoms. The van der Waals surface area contributed by atoms with Gasteiger partial charge in [0.2, 0.25) is 5.91 Å². The van der Waals surface area contributed by atoms with E-state index in [1.54, 1.807) is 25.3 Å². The molecule has 0 aromatic heterocycles. The molecule has 0 saturated heterocycles. The molecule has 0 aliphatic heterocycles. The van der Waals surface area contributed by atoms with Crippen molar-refractivity contribution >= 4 is 11.9 Å². The predicted octanol–water partition coefficient (Wildman–Crippen LogP) is 2.40. The van der Waals surface area contributed by atoms with Gasteiger partial charge in [-0.3, -0.25) is 4.79 Å². The molecule has 2 N–H and O–H groups in total. The third-order valence-electron chi connectivity index (χ3n) is 3.35. The molecule has 6 nitrogen and oxygen atoms in total. The van der Waals surface area contributed by atoms with Crippen LogP contribution >= 0.6 is 0 Å². The molecule has 0 spiro atoms. The highest BCUT2D eigenvalue weighted by molar-refractivity contribution is 5.82. The standard InChI is InChI=1S/C17H25NO5/c1-4-5-6-9-23-15-8-7-13(11-16(15)22-3)10-14(17(20)21)18-12(2)19/h7-8,11,14H,4-6,9-10H2,1-3H3,(H,18,19)(H,20,21). The summed E-state index contributed by atoms with van der Waals surface area (Å²) in [6, 6.07) is 4.34. The lowest BCUT2D eigenvalue weighted by molar-refractivity contribution is -0.141. The lowest BCUT2D eigenvalue weighted by Gasteiger charge is -2.15. The smallest absolute Gasteiger partial charge is 0.326 e. The second-order valence-electron chi connectivity index (χ2n) is 5.34. The van der Waals surface area contributed by atoms with Crippen LogP contribution in [0.4, 0.5) is 0 Å². The van der Waals surface area contributed by atoms with Crippen molar-refractivity contribution in [3.8, 4) is 11.5 Å². The highest BCUT2D eigenvalue weighted by Crippen LogP contribution is 2.28. The Balaban J connectivity index is 2.77. The number of amides is 1.